The van der Waals surface area contributed by atoms with Gasteiger partial charge in [-0.3, -0.25) is 9.59 Å². The van der Waals surface area contributed by atoms with Crippen molar-refractivity contribution in [1.29, 1.82) is 0 Å². The number of benzene rings is 3. The van der Waals surface area contributed by atoms with E-state index < -0.39 is 6.04 Å². The first-order valence-corrected chi connectivity index (χ1v) is 11.1. The maximum absolute atomic E-state index is 13.4. The van der Waals surface area contributed by atoms with Crippen molar-refractivity contribution in [2.24, 2.45) is 0 Å². The summed E-state index contributed by atoms with van der Waals surface area (Å²) >= 11 is 6.03. The quantitative estimate of drug-likeness (QED) is 0.421. The predicted octanol–water partition coefficient (Wildman–Crippen LogP) is 4.66. The number of carbonyl (C=O) groups is 2. The van der Waals surface area contributed by atoms with Gasteiger partial charge in [-0.2, -0.15) is 0 Å². The maximum atomic E-state index is 13.4. The van der Waals surface area contributed by atoms with Crippen LogP contribution in [0.3, 0.4) is 0 Å². The van der Waals surface area contributed by atoms with Crippen LogP contribution in [0.15, 0.2) is 97.6 Å². The van der Waals surface area contributed by atoms with E-state index in [2.05, 4.69) is 11.9 Å². The molecule has 3 aromatic carbocycles. The Balaban J connectivity index is 1.88. The van der Waals surface area contributed by atoms with E-state index in [1.165, 1.54) is 0 Å². The van der Waals surface area contributed by atoms with Crippen molar-refractivity contribution in [1.82, 2.24) is 10.2 Å². The highest BCUT2D eigenvalue weighted by molar-refractivity contribution is 6.30. The van der Waals surface area contributed by atoms with Gasteiger partial charge in [-0.15, -0.1) is 6.58 Å². The second-order valence-corrected chi connectivity index (χ2v) is 7.93. The van der Waals surface area contributed by atoms with Crippen molar-refractivity contribution in [2.75, 3.05) is 13.2 Å². The molecule has 0 bridgehead atoms. The van der Waals surface area contributed by atoms with E-state index in [0.29, 0.717) is 23.7 Å². The first kappa shape index (κ1) is 24.1. The van der Waals surface area contributed by atoms with Gasteiger partial charge in [0.2, 0.25) is 5.91 Å². The number of ether oxygens (including phenoxy) is 1. The highest BCUT2D eigenvalue weighted by Crippen LogP contribution is 2.17. The number of halogens is 1. The Morgan fingerprint density at radius 2 is 1.58 bits per heavy atom. The minimum absolute atomic E-state index is 0.183. The van der Waals surface area contributed by atoms with Gasteiger partial charge in [0, 0.05) is 24.5 Å². The van der Waals surface area contributed by atoms with Crippen LogP contribution in [-0.2, 0) is 22.6 Å². The summed E-state index contributed by atoms with van der Waals surface area (Å²) in [5, 5.41) is 3.45. The molecule has 0 spiro atoms. The Morgan fingerprint density at radius 1 is 0.939 bits per heavy atom. The Bertz CT molecular complexity index is 1040. The highest BCUT2D eigenvalue weighted by atomic mass is 35.5. The molecule has 0 radical (unpaired) electrons. The van der Waals surface area contributed by atoms with Crippen LogP contribution in [0.2, 0.25) is 5.02 Å². The molecule has 0 aliphatic carbocycles. The van der Waals surface area contributed by atoms with Gasteiger partial charge in [0.1, 0.15) is 11.8 Å². The van der Waals surface area contributed by atoms with Crippen LogP contribution in [-0.4, -0.2) is 35.9 Å². The fourth-order valence-electron chi connectivity index (χ4n) is 3.38. The summed E-state index contributed by atoms with van der Waals surface area (Å²) < 4.78 is 5.71. The summed E-state index contributed by atoms with van der Waals surface area (Å²) in [7, 11) is 0. The van der Waals surface area contributed by atoms with Crippen LogP contribution in [0, 0.1) is 0 Å². The smallest absolute Gasteiger partial charge is 0.261 e. The number of amides is 2. The van der Waals surface area contributed by atoms with Crippen molar-refractivity contribution in [3.8, 4) is 5.75 Å². The Morgan fingerprint density at radius 3 is 2.21 bits per heavy atom. The molecule has 33 heavy (non-hydrogen) atoms. The average Bonchev–Trinajstić information content (AvgIpc) is 2.85. The number of para-hydroxylation sites is 1. The van der Waals surface area contributed by atoms with Crippen molar-refractivity contribution in [3.05, 3.63) is 114 Å². The molecule has 0 fully saturated rings. The number of carbonyl (C=O) groups excluding carboxylic acids is 2. The zero-order valence-electron chi connectivity index (χ0n) is 18.3. The van der Waals surface area contributed by atoms with Crippen LogP contribution in [0.1, 0.15) is 11.1 Å². The largest absolute Gasteiger partial charge is 0.484 e. The summed E-state index contributed by atoms with van der Waals surface area (Å²) in [5.41, 5.74) is 1.82. The van der Waals surface area contributed by atoms with Gasteiger partial charge in [0.25, 0.3) is 5.91 Å². The van der Waals surface area contributed by atoms with Crippen molar-refractivity contribution in [3.63, 3.8) is 0 Å². The van der Waals surface area contributed by atoms with Crippen molar-refractivity contribution in [2.45, 2.75) is 19.0 Å². The van der Waals surface area contributed by atoms with E-state index >= 15 is 0 Å². The zero-order valence-corrected chi connectivity index (χ0v) is 19.1. The second kappa shape index (κ2) is 12.5. The molecule has 2 amide bonds. The molecule has 170 valence electrons. The predicted molar refractivity (Wildman–Crippen MR) is 131 cm³/mol. The molecular formula is C27H27ClN2O3. The third-order valence-electron chi connectivity index (χ3n) is 5.06. The van der Waals surface area contributed by atoms with E-state index in [1.807, 2.05) is 60.7 Å². The molecule has 1 N–H and O–H groups in total. The minimum atomic E-state index is -0.727. The monoisotopic (exact) mass is 462 g/mol. The van der Waals surface area contributed by atoms with E-state index in [1.54, 1.807) is 35.2 Å². The normalized spacial score (nSPS) is 11.3. The minimum Gasteiger partial charge on any atom is -0.484 e. The lowest BCUT2D eigenvalue weighted by Crippen LogP contribution is -2.51. The lowest BCUT2D eigenvalue weighted by atomic mass is 10.0. The number of nitrogens with one attached hydrogen (secondary N) is 1. The number of hydrogen-bond donors (Lipinski definition) is 1. The average molecular weight is 463 g/mol. The molecular weight excluding hydrogens is 436 g/mol. The van der Waals surface area contributed by atoms with Gasteiger partial charge in [0.05, 0.1) is 0 Å². The van der Waals surface area contributed by atoms with E-state index in [9.17, 15) is 9.59 Å². The first-order valence-electron chi connectivity index (χ1n) is 10.7. The summed E-state index contributed by atoms with van der Waals surface area (Å²) in [6, 6.07) is 25.3. The van der Waals surface area contributed by atoms with Crippen LogP contribution in [0.25, 0.3) is 0 Å². The summed E-state index contributed by atoms with van der Waals surface area (Å²) in [6.07, 6.45) is 1.98. The van der Waals surface area contributed by atoms with Gasteiger partial charge in [0.15, 0.2) is 6.61 Å². The Labute approximate surface area is 199 Å². The van der Waals surface area contributed by atoms with Crippen LogP contribution >= 0.6 is 11.6 Å². The molecule has 3 aromatic rings. The Hall–Kier alpha value is -3.57. The van der Waals surface area contributed by atoms with E-state index in [-0.39, 0.29) is 25.0 Å². The van der Waals surface area contributed by atoms with Crippen LogP contribution in [0.5, 0.6) is 5.75 Å². The molecule has 6 heteroatoms. The highest BCUT2D eigenvalue weighted by Gasteiger charge is 2.30. The fourth-order valence-corrected chi connectivity index (χ4v) is 3.50. The van der Waals surface area contributed by atoms with Gasteiger partial charge >= 0.3 is 0 Å². The van der Waals surface area contributed by atoms with Crippen LogP contribution in [0.4, 0.5) is 0 Å². The molecule has 0 unspecified atom stereocenters. The summed E-state index contributed by atoms with van der Waals surface area (Å²) in [4.78, 5) is 28.1. The second-order valence-electron chi connectivity index (χ2n) is 7.49. The molecule has 1 atom stereocenters. The number of hydrogen-bond acceptors (Lipinski definition) is 3. The fraction of sp³-hybridized carbons (Fsp3) is 0.185. The molecule has 0 aliphatic rings. The molecule has 3 rings (SSSR count). The molecule has 0 heterocycles. The molecule has 0 saturated heterocycles. The van der Waals surface area contributed by atoms with Crippen LogP contribution < -0.4 is 10.1 Å². The lowest BCUT2D eigenvalue weighted by molar-refractivity contribution is -0.142. The molecule has 0 aliphatic heterocycles. The third-order valence-corrected chi connectivity index (χ3v) is 5.32. The first-order chi connectivity index (χ1) is 16.1. The lowest BCUT2D eigenvalue weighted by Gasteiger charge is -2.31. The van der Waals surface area contributed by atoms with Gasteiger partial charge in [-0.05, 0) is 35.4 Å². The summed E-state index contributed by atoms with van der Waals surface area (Å²) in [5.74, 6) is 0.0530. The summed E-state index contributed by atoms with van der Waals surface area (Å²) in [6.45, 7) is 4.04. The standard InChI is InChI=1S/C27H27ClN2O3/c1-2-17-29-27(32)25(18-21-9-5-3-6-10-21)30(19-22-13-15-23(28)16-14-22)26(31)20-33-24-11-7-4-8-12-24/h2-16,25H,1,17-20H2,(H,29,32)/t25-/m1/s1. The topological polar surface area (TPSA) is 58.6 Å². The van der Waals surface area contributed by atoms with Gasteiger partial charge in [-0.1, -0.05) is 78.3 Å². The van der Waals surface area contributed by atoms with E-state index in [4.69, 9.17) is 16.3 Å². The zero-order chi connectivity index (χ0) is 23.5. The van der Waals surface area contributed by atoms with Gasteiger partial charge < -0.3 is 15.0 Å². The van der Waals surface area contributed by atoms with Crippen molar-refractivity contribution >= 4 is 23.4 Å². The molecule has 0 saturated carbocycles. The number of rotatable bonds is 11. The SMILES string of the molecule is C=CCNC(=O)[C@@H](Cc1ccccc1)N(Cc1ccc(Cl)cc1)C(=O)COc1ccccc1. The Kier molecular flexibility index (Phi) is 9.09. The molecule has 5 nitrogen and oxygen atoms in total. The molecule has 0 aromatic heterocycles. The van der Waals surface area contributed by atoms with Gasteiger partial charge in [-0.25, -0.2) is 0 Å². The van der Waals surface area contributed by atoms with Crippen molar-refractivity contribution < 1.29 is 14.3 Å². The number of nitrogens with zero attached hydrogens (tertiary/aromatic N) is 1. The van der Waals surface area contributed by atoms with E-state index in [0.717, 1.165) is 11.1 Å². The third kappa shape index (κ3) is 7.51. The maximum Gasteiger partial charge on any atom is 0.261 e.